The molecule has 2 aromatic heterocycles. The van der Waals surface area contributed by atoms with Crippen LogP contribution in [0.25, 0.3) is 11.7 Å². The first-order valence-corrected chi connectivity index (χ1v) is 12.7. The second-order valence-corrected chi connectivity index (χ2v) is 9.77. The van der Waals surface area contributed by atoms with Gasteiger partial charge in [-0.1, -0.05) is 48.2 Å². The molecule has 10 heteroatoms. The third-order valence-corrected chi connectivity index (χ3v) is 7.36. The molecule has 1 aromatic carbocycles. The Balaban J connectivity index is 0.00000180. The summed E-state index contributed by atoms with van der Waals surface area (Å²) in [6.45, 7) is 4.35. The first-order chi connectivity index (χ1) is 16.7. The van der Waals surface area contributed by atoms with Crippen molar-refractivity contribution in [2.24, 2.45) is 0 Å². The van der Waals surface area contributed by atoms with Gasteiger partial charge in [0, 0.05) is 32.7 Å². The van der Waals surface area contributed by atoms with Gasteiger partial charge in [-0.15, -0.1) is 24.8 Å². The van der Waals surface area contributed by atoms with Gasteiger partial charge in [0.25, 0.3) is 5.91 Å². The maximum Gasteiger partial charge on any atom is 0.258 e. The molecule has 2 aliphatic heterocycles. The number of pyridine rings is 1. The van der Waals surface area contributed by atoms with Crippen LogP contribution in [0.1, 0.15) is 24.1 Å². The maximum atomic E-state index is 12.7. The standard InChI is InChI=1S/C26H29N5O2S.2ClH/c32-24-19-29(15-16-30(24)14-5-9-20-7-2-1-3-8-20)13-6-12-27-26(33)22-17-21-18-28-23-10-4-11-25(34-22)31(21)23;;/h1-4,7-8,10-11,17-18H,5-6,9,12-16,19H2,(H,27,33);2*1H. The third kappa shape index (κ3) is 6.62. The highest BCUT2D eigenvalue weighted by molar-refractivity contribution is 8.04. The van der Waals surface area contributed by atoms with Crippen LogP contribution in [-0.4, -0.2) is 70.3 Å². The molecule has 3 aromatic rings. The van der Waals surface area contributed by atoms with Crippen LogP contribution in [0.2, 0.25) is 0 Å². The average Bonchev–Trinajstić information content (AvgIpc) is 3.28. The molecule has 0 saturated carbocycles. The Morgan fingerprint density at radius 1 is 1.00 bits per heavy atom. The van der Waals surface area contributed by atoms with Crippen molar-refractivity contribution in [2.75, 3.05) is 39.3 Å². The number of imidazole rings is 1. The van der Waals surface area contributed by atoms with E-state index in [2.05, 4.69) is 43.9 Å². The molecule has 36 heavy (non-hydrogen) atoms. The SMILES string of the molecule is Cl.Cl.O=C(NCCCN1CCN(CCCc2ccccc2)C(=O)C1)C1=Cc2cnc3cccc(n23)S1. The zero-order valence-corrected chi connectivity index (χ0v) is 22.4. The second-order valence-electron chi connectivity index (χ2n) is 8.71. The lowest BCUT2D eigenvalue weighted by Crippen LogP contribution is -2.51. The summed E-state index contributed by atoms with van der Waals surface area (Å²) in [6, 6.07) is 16.3. The van der Waals surface area contributed by atoms with Crippen molar-refractivity contribution in [3.05, 3.63) is 70.9 Å². The van der Waals surface area contributed by atoms with Crippen LogP contribution >= 0.6 is 36.6 Å². The van der Waals surface area contributed by atoms with Gasteiger partial charge < -0.3 is 10.2 Å². The van der Waals surface area contributed by atoms with Crippen LogP contribution in [0.3, 0.4) is 0 Å². The van der Waals surface area contributed by atoms with Crippen LogP contribution in [0, 0.1) is 0 Å². The number of benzene rings is 1. The van der Waals surface area contributed by atoms with Gasteiger partial charge in [-0.3, -0.25) is 18.9 Å². The van der Waals surface area contributed by atoms with Crippen molar-refractivity contribution in [3.63, 3.8) is 0 Å². The van der Waals surface area contributed by atoms with Crippen molar-refractivity contribution < 1.29 is 9.59 Å². The molecular formula is C26H31Cl2N5O2S. The number of aryl methyl sites for hydroxylation is 1. The number of rotatable bonds is 9. The fourth-order valence-corrected chi connectivity index (χ4v) is 5.50. The summed E-state index contributed by atoms with van der Waals surface area (Å²) in [4.78, 5) is 34.5. The summed E-state index contributed by atoms with van der Waals surface area (Å²) in [5.74, 6) is 0.145. The summed E-state index contributed by atoms with van der Waals surface area (Å²) >= 11 is 1.47. The van der Waals surface area contributed by atoms with E-state index in [4.69, 9.17) is 0 Å². The fraction of sp³-hybridized carbons (Fsp3) is 0.346. The quantitative estimate of drug-likeness (QED) is 0.411. The number of nitrogens with zero attached hydrogens (tertiary/aromatic N) is 4. The fourth-order valence-electron chi connectivity index (χ4n) is 4.49. The largest absolute Gasteiger partial charge is 0.352 e. The Kier molecular flexibility index (Phi) is 10.2. The number of carbonyl (C=O) groups excluding carboxylic acids is 2. The Hall–Kier alpha value is -2.52. The van der Waals surface area contributed by atoms with Crippen molar-refractivity contribution in [1.29, 1.82) is 0 Å². The molecule has 0 aliphatic carbocycles. The van der Waals surface area contributed by atoms with Gasteiger partial charge in [0.2, 0.25) is 5.91 Å². The van der Waals surface area contributed by atoms with Crippen LogP contribution in [0.15, 0.2) is 64.7 Å². The summed E-state index contributed by atoms with van der Waals surface area (Å²) < 4.78 is 2.06. The van der Waals surface area contributed by atoms with E-state index in [0.717, 1.165) is 61.8 Å². The zero-order valence-electron chi connectivity index (χ0n) is 20.0. The Morgan fingerprint density at radius 2 is 1.83 bits per heavy atom. The molecule has 0 atom stereocenters. The molecule has 2 amide bonds. The lowest BCUT2D eigenvalue weighted by atomic mass is 10.1. The monoisotopic (exact) mass is 547 g/mol. The first-order valence-electron chi connectivity index (χ1n) is 11.9. The van der Waals surface area contributed by atoms with Gasteiger partial charge in [0.1, 0.15) is 5.65 Å². The number of thioether (sulfide) groups is 1. The van der Waals surface area contributed by atoms with E-state index in [1.165, 1.54) is 17.3 Å². The number of nitrogens with one attached hydrogen (secondary N) is 1. The van der Waals surface area contributed by atoms with E-state index >= 15 is 0 Å². The van der Waals surface area contributed by atoms with Crippen molar-refractivity contribution >= 4 is 60.1 Å². The predicted molar refractivity (Wildman–Crippen MR) is 149 cm³/mol. The lowest BCUT2D eigenvalue weighted by molar-refractivity contribution is -0.136. The molecule has 0 radical (unpaired) electrons. The van der Waals surface area contributed by atoms with E-state index in [-0.39, 0.29) is 36.6 Å². The van der Waals surface area contributed by atoms with Gasteiger partial charge in [-0.05, 0) is 43.0 Å². The molecule has 1 fully saturated rings. The number of halogens is 2. The Labute approximate surface area is 228 Å². The Morgan fingerprint density at radius 3 is 2.64 bits per heavy atom. The molecule has 2 aliphatic rings. The minimum absolute atomic E-state index is 0. The maximum absolute atomic E-state index is 12.7. The van der Waals surface area contributed by atoms with Crippen molar-refractivity contribution in [2.45, 2.75) is 24.3 Å². The normalized spacial score (nSPS) is 15.2. The van der Waals surface area contributed by atoms with E-state index in [1.807, 2.05) is 35.2 Å². The summed E-state index contributed by atoms with van der Waals surface area (Å²) in [7, 11) is 0. The molecule has 1 N–H and O–H groups in total. The predicted octanol–water partition coefficient (Wildman–Crippen LogP) is 3.91. The molecule has 0 unspecified atom stereocenters. The van der Waals surface area contributed by atoms with E-state index in [0.29, 0.717) is 18.0 Å². The van der Waals surface area contributed by atoms with E-state index in [9.17, 15) is 9.59 Å². The van der Waals surface area contributed by atoms with Gasteiger partial charge in [0.05, 0.1) is 28.4 Å². The molecular weight excluding hydrogens is 517 g/mol. The van der Waals surface area contributed by atoms with Crippen LogP contribution < -0.4 is 5.32 Å². The highest BCUT2D eigenvalue weighted by Crippen LogP contribution is 2.34. The number of carbonyl (C=O) groups is 2. The minimum Gasteiger partial charge on any atom is -0.352 e. The highest BCUT2D eigenvalue weighted by Gasteiger charge is 2.23. The molecule has 4 heterocycles. The summed E-state index contributed by atoms with van der Waals surface area (Å²) in [6.07, 6.45) is 6.50. The van der Waals surface area contributed by atoms with Crippen LogP contribution in [0.5, 0.6) is 0 Å². The number of aromatic nitrogens is 2. The van der Waals surface area contributed by atoms with Crippen molar-refractivity contribution in [3.8, 4) is 0 Å². The third-order valence-electron chi connectivity index (χ3n) is 6.31. The molecule has 0 spiro atoms. The van der Waals surface area contributed by atoms with Crippen molar-refractivity contribution in [1.82, 2.24) is 24.5 Å². The molecule has 192 valence electrons. The smallest absolute Gasteiger partial charge is 0.258 e. The molecule has 1 saturated heterocycles. The highest BCUT2D eigenvalue weighted by atomic mass is 35.5. The number of hydrogen-bond donors (Lipinski definition) is 1. The molecule has 0 bridgehead atoms. The summed E-state index contributed by atoms with van der Waals surface area (Å²) in [5.41, 5.74) is 3.14. The number of hydrogen-bond acceptors (Lipinski definition) is 5. The Bertz CT molecular complexity index is 1220. The lowest BCUT2D eigenvalue weighted by Gasteiger charge is -2.34. The van der Waals surface area contributed by atoms with Gasteiger partial charge in [-0.25, -0.2) is 4.98 Å². The zero-order chi connectivity index (χ0) is 23.3. The van der Waals surface area contributed by atoms with Crippen LogP contribution in [0.4, 0.5) is 0 Å². The average molecular weight is 549 g/mol. The molecule has 7 nitrogen and oxygen atoms in total. The van der Waals surface area contributed by atoms with E-state index in [1.54, 1.807) is 6.20 Å². The number of amides is 2. The van der Waals surface area contributed by atoms with Gasteiger partial charge in [-0.2, -0.15) is 0 Å². The van der Waals surface area contributed by atoms with Crippen LogP contribution in [-0.2, 0) is 16.0 Å². The van der Waals surface area contributed by atoms with Gasteiger partial charge >= 0.3 is 0 Å². The minimum atomic E-state index is -0.0613. The summed E-state index contributed by atoms with van der Waals surface area (Å²) in [5, 5.41) is 4.03. The van der Waals surface area contributed by atoms with Gasteiger partial charge in [0.15, 0.2) is 0 Å². The number of piperazine rings is 1. The second kappa shape index (κ2) is 13.1. The van der Waals surface area contributed by atoms with E-state index < -0.39 is 0 Å². The topological polar surface area (TPSA) is 70.0 Å². The molecule has 5 rings (SSSR count). The first kappa shape index (κ1) is 28.1.